The van der Waals surface area contributed by atoms with E-state index in [2.05, 4.69) is 59.7 Å². The van der Waals surface area contributed by atoms with E-state index in [4.69, 9.17) is 9.57 Å². The highest BCUT2D eigenvalue weighted by Gasteiger charge is 2.40. The Kier molecular flexibility index (Phi) is 3.03. The van der Waals surface area contributed by atoms with Gasteiger partial charge in [-0.15, -0.1) is 0 Å². The number of nitrogens with zero attached hydrogens (tertiary/aromatic N) is 1. The first-order chi connectivity index (χ1) is 11.8. The maximum Gasteiger partial charge on any atom is 0.119 e. The molecule has 120 valence electrons. The van der Waals surface area contributed by atoms with Crippen LogP contribution < -0.4 is 9.80 Å². The van der Waals surface area contributed by atoms with E-state index in [1.165, 1.54) is 27.6 Å². The third-order valence-electron chi connectivity index (χ3n) is 5.16. The molecule has 3 aromatic carbocycles. The molecule has 3 nitrogen and oxygen atoms in total. The number of anilines is 1. The number of benzene rings is 3. The molecule has 5 rings (SSSR count). The quantitative estimate of drug-likeness (QED) is 0.686. The topological polar surface area (TPSA) is 21.7 Å². The van der Waals surface area contributed by atoms with Gasteiger partial charge in [0.15, 0.2) is 0 Å². The van der Waals surface area contributed by atoms with Gasteiger partial charge in [0.1, 0.15) is 5.75 Å². The number of hydrogen-bond acceptors (Lipinski definition) is 3. The molecule has 2 atom stereocenters. The van der Waals surface area contributed by atoms with E-state index in [-0.39, 0.29) is 12.1 Å². The zero-order valence-corrected chi connectivity index (χ0v) is 13.6. The van der Waals surface area contributed by atoms with E-state index in [1.807, 2.05) is 6.07 Å². The first-order valence-corrected chi connectivity index (χ1v) is 8.44. The van der Waals surface area contributed by atoms with Crippen molar-refractivity contribution in [2.75, 3.05) is 12.2 Å². The Morgan fingerprint density at radius 2 is 1.96 bits per heavy atom. The van der Waals surface area contributed by atoms with E-state index in [0.29, 0.717) is 0 Å². The molecule has 0 N–H and O–H groups in total. The van der Waals surface area contributed by atoms with Gasteiger partial charge in [-0.1, -0.05) is 48.5 Å². The normalized spacial score (nSPS) is 21.8. The standard InChI is InChI=1S/C21H19NO2/c1-23-17-7-4-6-15(11-17)20-13-18-12-16-10-9-14-5-2-3-8-19(14)21(16)22(20)24-18/h2-11,18,20H,12-13H2,1H3/t18-,20-/m0/s1. The summed E-state index contributed by atoms with van der Waals surface area (Å²) in [5.74, 6) is 0.897. The van der Waals surface area contributed by atoms with Gasteiger partial charge in [0.05, 0.1) is 24.9 Å². The lowest BCUT2D eigenvalue weighted by atomic mass is 9.99. The molecule has 3 heteroatoms. The largest absolute Gasteiger partial charge is 0.497 e. The highest BCUT2D eigenvalue weighted by Crippen LogP contribution is 2.47. The minimum atomic E-state index is 0.233. The van der Waals surface area contributed by atoms with Gasteiger partial charge in [-0.3, -0.25) is 4.84 Å². The second-order valence-electron chi connectivity index (χ2n) is 6.58. The molecule has 0 saturated carbocycles. The van der Waals surface area contributed by atoms with Crippen LogP contribution in [0.5, 0.6) is 5.75 Å². The predicted molar refractivity (Wildman–Crippen MR) is 95.4 cm³/mol. The fourth-order valence-electron chi connectivity index (χ4n) is 4.04. The van der Waals surface area contributed by atoms with Gasteiger partial charge < -0.3 is 4.74 Å². The number of rotatable bonds is 2. The summed E-state index contributed by atoms with van der Waals surface area (Å²) in [6.45, 7) is 0. The fourth-order valence-corrected chi connectivity index (χ4v) is 4.04. The molecule has 0 spiro atoms. The summed E-state index contributed by atoms with van der Waals surface area (Å²) in [6.07, 6.45) is 2.25. The molecule has 2 aliphatic heterocycles. The monoisotopic (exact) mass is 317 g/mol. The minimum absolute atomic E-state index is 0.233. The van der Waals surface area contributed by atoms with Crippen LogP contribution in [0.15, 0.2) is 60.7 Å². The van der Waals surface area contributed by atoms with Gasteiger partial charge in [0.25, 0.3) is 0 Å². The van der Waals surface area contributed by atoms with Gasteiger partial charge in [0.2, 0.25) is 0 Å². The summed E-state index contributed by atoms with van der Waals surface area (Å²) in [6, 6.07) is 21.6. The van der Waals surface area contributed by atoms with Crippen molar-refractivity contribution in [2.24, 2.45) is 0 Å². The molecule has 2 aliphatic rings. The van der Waals surface area contributed by atoms with Gasteiger partial charge >= 0.3 is 0 Å². The molecule has 0 radical (unpaired) electrons. The number of fused-ring (bicyclic) bond motifs is 6. The van der Waals surface area contributed by atoms with Gasteiger partial charge in [-0.2, -0.15) is 0 Å². The lowest BCUT2D eigenvalue weighted by molar-refractivity contribution is 0.0741. The lowest BCUT2D eigenvalue weighted by Gasteiger charge is -2.31. The molecule has 2 bridgehead atoms. The van der Waals surface area contributed by atoms with Crippen LogP contribution in [0.2, 0.25) is 0 Å². The molecule has 0 unspecified atom stereocenters. The molecule has 1 saturated heterocycles. The van der Waals surface area contributed by atoms with Crippen molar-refractivity contribution < 1.29 is 9.57 Å². The molecule has 2 heterocycles. The Bertz CT molecular complexity index is 921. The van der Waals surface area contributed by atoms with Crippen LogP contribution in [-0.2, 0) is 11.3 Å². The van der Waals surface area contributed by atoms with Crippen molar-refractivity contribution in [3.8, 4) is 5.75 Å². The van der Waals surface area contributed by atoms with Crippen LogP contribution in [0.1, 0.15) is 23.6 Å². The van der Waals surface area contributed by atoms with Crippen LogP contribution in [-0.4, -0.2) is 13.2 Å². The third kappa shape index (κ3) is 2.01. The predicted octanol–water partition coefficient (Wildman–Crippen LogP) is 4.66. The zero-order chi connectivity index (χ0) is 16.1. The summed E-state index contributed by atoms with van der Waals surface area (Å²) >= 11 is 0. The minimum Gasteiger partial charge on any atom is -0.497 e. The Morgan fingerprint density at radius 3 is 2.88 bits per heavy atom. The maximum absolute atomic E-state index is 6.26. The molecule has 0 aromatic heterocycles. The maximum atomic E-state index is 6.26. The van der Waals surface area contributed by atoms with Crippen molar-refractivity contribution in [1.29, 1.82) is 0 Å². The van der Waals surface area contributed by atoms with E-state index >= 15 is 0 Å². The third-order valence-corrected chi connectivity index (χ3v) is 5.16. The second-order valence-corrected chi connectivity index (χ2v) is 6.58. The average molecular weight is 317 g/mol. The van der Waals surface area contributed by atoms with Crippen LogP contribution >= 0.6 is 0 Å². The molecule has 24 heavy (non-hydrogen) atoms. The molecule has 1 fully saturated rings. The summed E-state index contributed by atoms with van der Waals surface area (Å²) in [4.78, 5) is 6.26. The van der Waals surface area contributed by atoms with Gasteiger partial charge in [0, 0.05) is 18.2 Å². The van der Waals surface area contributed by atoms with E-state index in [1.54, 1.807) is 7.11 Å². The number of hydroxylamine groups is 1. The van der Waals surface area contributed by atoms with Crippen molar-refractivity contribution in [1.82, 2.24) is 0 Å². The number of methoxy groups -OCH3 is 1. The van der Waals surface area contributed by atoms with Crippen molar-refractivity contribution in [2.45, 2.75) is 25.0 Å². The first kappa shape index (κ1) is 13.9. The molecule has 0 amide bonds. The molecule has 0 aliphatic carbocycles. The SMILES string of the molecule is COc1cccc([C@@H]2C[C@@H]3Cc4ccc5ccccc5c4N2O3)c1. The summed E-state index contributed by atoms with van der Waals surface area (Å²) in [5, 5.41) is 4.67. The van der Waals surface area contributed by atoms with E-state index < -0.39 is 0 Å². The first-order valence-electron chi connectivity index (χ1n) is 8.44. The Morgan fingerprint density at radius 1 is 1.04 bits per heavy atom. The smallest absolute Gasteiger partial charge is 0.119 e. The highest BCUT2D eigenvalue weighted by molar-refractivity contribution is 5.96. The Labute approximate surface area is 141 Å². The molecular weight excluding hydrogens is 298 g/mol. The van der Waals surface area contributed by atoms with Crippen molar-refractivity contribution in [3.05, 3.63) is 71.8 Å². The average Bonchev–Trinajstić information content (AvgIpc) is 2.98. The Hall–Kier alpha value is -2.52. The van der Waals surface area contributed by atoms with Crippen LogP contribution in [0.4, 0.5) is 5.69 Å². The lowest BCUT2D eigenvalue weighted by Crippen LogP contribution is -2.27. The van der Waals surface area contributed by atoms with Crippen molar-refractivity contribution >= 4 is 16.5 Å². The Balaban J connectivity index is 1.66. The van der Waals surface area contributed by atoms with Crippen LogP contribution in [0, 0.1) is 0 Å². The van der Waals surface area contributed by atoms with E-state index in [9.17, 15) is 0 Å². The van der Waals surface area contributed by atoms with Crippen LogP contribution in [0.3, 0.4) is 0 Å². The second kappa shape index (κ2) is 5.25. The van der Waals surface area contributed by atoms with Gasteiger partial charge in [-0.05, 0) is 28.6 Å². The summed E-state index contributed by atoms with van der Waals surface area (Å²) in [5.41, 5.74) is 3.86. The molecule has 3 aromatic rings. The van der Waals surface area contributed by atoms with Crippen LogP contribution in [0.25, 0.3) is 10.8 Å². The molecular formula is C21H19NO2. The summed E-state index contributed by atoms with van der Waals surface area (Å²) < 4.78 is 5.41. The number of hydrogen-bond donors (Lipinski definition) is 0. The van der Waals surface area contributed by atoms with Crippen molar-refractivity contribution in [3.63, 3.8) is 0 Å². The number of ether oxygens (including phenoxy) is 1. The zero-order valence-electron chi connectivity index (χ0n) is 13.6. The summed E-state index contributed by atoms with van der Waals surface area (Å²) in [7, 11) is 1.71. The van der Waals surface area contributed by atoms with E-state index in [0.717, 1.165) is 18.6 Å². The fraction of sp³-hybridized carbons (Fsp3) is 0.238. The highest BCUT2D eigenvalue weighted by atomic mass is 16.7. The van der Waals surface area contributed by atoms with Gasteiger partial charge in [-0.25, -0.2) is 5.06 Å².